The van der Waals surface area contributed by atoms with Crippen LogP contribution >= 0.6 is 0 Å². The van der Waals surface area contributed by atoms with E-state index in [9.17, 15) is 19.2 Å². The van der Waals surface area contributed by atoms with Gasteiger partial charge in [-0.25, -0.2) is 14.8 Å². The van der Waals surface area contributed by atoms with Gasteiger partial charge in [-0.3, -0.25) is 19.7 Å². The number of rotatable bonds is 12. The fourth-order valence-electron chi connectivity index (χ4n) is 5.44. The first kappa shape index (κ1) is 34.2. The van der Waals surface area contributed by atoms with Crippen molar-refractivity contribution < 1.29 is 33.4 Å². The summed E-state index contributed by atoms with van der Waals surface area (Å²) in [5, 5.41) is 5.55. The van der Waals surface area contributed by atoms with Gasteiger partial charge in [0.1, 0.15) is 23.1 Å². The summed E-state index contributed by atoms with van der Waals surface area (Å²) < 4.78 is 17.4. The molecular weight excluding hydrogens is 586 g/mol. The highest BCUT2D eigenvalue weighted by Crippen LogP contribution is 2.37. The normalized spacial score (nSPS) is 15.0. The van der Waals surface area contributed by atoms with Crippen LogP contribution in [0, 0.1) is 0 Å². The van der Waals surface area contributed by atoms with E-state index in [-0.39, 0.29) is 38.2 Å². The second-order valence-electron chi connectivity index (χ2n) is 12.1. The zero-order valence-electron chi connectivity index (χ0n) is 27.2. The largest absolute Gasteiger partial charge is 0.491 e. The summed E-state index contributed by atoms with van der Waals surface area (Å²) in [6.45, 7) is 8.30. The fraction of sp³-hybridized carbons (Fsp3) is 0.389. The van der Waals surface area contributed by atoms with Gasteiger partial charge in [0.25, 0.3) is 0 Å². The van der Waals surface area contributed by atoms with Gasteiger partial charge in [-0.05, 0) is 63.8 Å². The molecule has 0 saturated heterocycles. The molecule has 10 heteroatoms. The average Bonchev–Trinajstić information content (AvgIpc) is 3.17. The average molecular weight is 630 g/mol. The second kappa shape index (κ2) is 15.1. The maximum absolute atomic E-state index is 14.8. The Balaban J connectivity index is 1.96. The molecule has 0 saturated carbocycles. The van der Waals surface area contributed by atoms with Crippen LogP contribution < -0.4 is 15.1 Å². The molecule has 1 aliphatic heterocycles. The molecule has 3 aromatic carbocycles. The minimum absolute atomic E-state index is 0.0660. The van der Waals surface area contributed by atoms with Crippen molar-refractivity contribution in [3.05, 3.63) is 96.1 Å². The molecule has 2 atom stereocenters. The van der Waals surface area contributed by atoms with E-state index < -0.39 is 41.1 Å². The van der Waals surface area contributed by atoms with Gasteiger partial charge in [-0.15, -0.1) is 0 Å². The predicted octanol–water partition coefficient (Wildman–Crippen LogP) is 5.00. The number of nitrogens with one attached hydrogen (secondary N) is 1. The van der Waals surface area contributed by atoms with E-state index in [1.54, 1.807) is 52.0 Å². The van der Waals surface area contributed by atoms with Crippen LogP contribution in [0.3, 0.4) is 0 Å². The van der Waals surface area contributed by atoms with Gasteiger partial charge in [0, 0.05) is 13.3 Å². The highest BCUT2D eigenvalue weighted by atomic mass is 16.6. The van der Waals surface area contributed by atoms with Gasteiger partial charge in [-0.1, -0.05) is 72.8 Å². The highest BCUT2D eigenvalue weighted by Gasteiger charge is 2.54. The number of benzene rings is 3. The number of hydrazine groups is 1. The highest BCUT2D eigenvalue weighted by molar-refractivity contribution is 6.00. The lowest BCUT2D eigenvalue weighted by atomic mass is 9.94. The zero-order chi connectivity index (χ0) is 33.3. The Morgan fingerprint density at radius 1 is 0.935 bits per heavy atom. The standard InChI is InChI=1S/C36H43N3O7/c1-6-44-33(42)29(22-21-27-15-9-7-10-16-27)37-36(34(43)46-35(3,4)5,25-28-17-11-8-12-18-28)39(26(2)40)38-30-19-13-14-20-31(30)45-24-23-32(38)41/h7-20,29,37H,6,21-25H2,1-5H3/t29-,36-/m0/s1. The Bertz CT molecular complexity index is 1510. The fourth-order valence-corrected chi connectivity index (χ4v) is 5.44. The lowest BCUT2D eigenvalue weighted by Crippen LogP contribution is -2.75. The van der Waals surface area contributed by atoms with Crippen LogP contribution in [0.4, 0.5) is 5.69 Å². The third-order valence-electron chi connectivity index (χ3n) is 7.35. The minimum atomic E-state index is -2.10. The van der Waals surface area contributed by atoms with Crippen molar-refractivity contribution in [1.29, 1.82) is 0 Å². The van der Waals surface area contributed by atoms with Gasteiger partial charge >= 0.3 is 11.9 Å². The van der Waals surface area contributed by atoms with E-state index in [1.807, 2.05) is 60.7 Å². The lowest BCUT2D eigenvalue weighted by Gasteiger charge is -2.48. The molecule has 3 aromatic rings. The number of carbonyl (C=O) groups excluding carboxylic acids is 4. The Labute approximate surface area is 270 Å². The molecule has 4 rings (SSSR count). The Morgan fingerprint density at radius 3 is 2.15 bits per heavy atom. The number of ether oxygens (including phenoxy) is 3. The van der Waals surface area contributed by atoms with Crippen LogP contribution in [0.2, 0.25) is 0 Å². The van der Waals surface area contributed by atoms with Gasteiger partial charge in [0.2, 0.25) is 17.5 Å². The number of carbonyl (C=O) groups is 4. The molecule has 1 aliphatic rings. The van der Waals surface area contributed by atoms with Crippen molar-refractivity contribution in [3.8, 4) is 5.75 Å². The molecule has 0 aliphatic carbocycles. The maximum Gasteiger partial charge on any atom is 0.350 e. The molecule has 244 valence electrons. The van der Waals surface area contributed by atoms with Crippen LogP contribution in [-0.2, 0) is 41.5 Å². The van der Waals surface area contributed by atoms with Crippen molar-refractivity contribution in [3.63, 3.8) is 0 Å². The van der Waals surface area contributed by atoms with E-state index in [1.165, 1.54) is 11.9 Å². The monoisotopic (exact) mass is 629 g/mol. The molecule has 0 spiro atoms. The molecule has 0 unspecified atom stereocenters. The molecule has 0 bridgehead atoms. The van der Waals surface area contributed by atoms with E-state index in [0.29, 0.717) is 17.7 Å². The van der Waals surface area contributed by atoms with E-state index in [4.69, 9.17) is 14.2 Å². The third kappa shape index (κ3) is 8.31. The number of aryl methyl sites for hydroxylation is 1. The molecular formula is C36H43N3O7. The van der Waals surface area contributed by atoms with Gasteiger partial charge in [0.05, 0.1) is 19.6 Å². The van der Waals surface area contributed by atoms with E-state index >= 15 is 0 Å². The Kier molecular flexibility index (Phi) is 11.2. The zero-order valence-corrected chi connectivity index (χ0v) is 27.2. The smallest absolute Gasteiger partial charge is 0.350 e. The lowest BCUT2D eigenvalue weighted by molar-refractivity contribution is -0.180. The van der Waals surface area contributed by atoms with E-state index in [0.717, 1.165) is 10.6 Å². The molecule has 1 N–H and O–H groups in total. The van der Waals surface area contributed by atoms with Crippen LogP contribution in [0.1, 0.15) is 58.6 Å². The SMILES string of the molecule is CCOC(=O)[C@H](CCc1ccccc1)N[C@](Cc1ccccc1)(C(=O)OC(C)(C)C)N(C(C)=O)N1C(=O)CCOc2ccccc21. The van der Waals surface area contributed by atoms with Gasteiger partial charge in [0.15, 0.2) is 0 Å². The summed E-state index contributed by atoms with van der Waals surface area (Å²) in [6.07, 6.45) is 0.480. The van der Waals surface area contributed by atoms with Crippen LogP contribution in [-0.4, -0.2) is 59.3 Å². The summed E-state index contributed by atoms with van der Waals surface area (Å²) in [6, 6.07) is 24.4. The molecule has 10 nitrogen and oxygen atoms in total. The first-order valence-corrected chi connectivity index (χ1v) is 15.6. The topological polar surface area (TPSA) is 114 Å². The quantitative estimate of drug-likeness (QED) is 0.220. The van der Waals surface area contributed by atoms with Crippen LogP contribution in [0.5, 0.6) is 5.75 Å². The number of fused-ring (bicyclic) bond motifs is 1. The minimum Gasteiger partial charge on any atom is -0.491 e. The van der Waals surface area contributed by atoms with Crippen molar-refractivity contribution in [2.24, 2.45) is 0 Å². The number of hydrogen-bond acceptors (Lipinski definition) is 8. The van der Waals surface area contributed by atoms with Crippen LogP contribution in [0.25, 0.3) is 0 Å². The van der Waals surface area contributed by atoms with Gasteiger partial charge in [-0.2, -0.15) is 0 Å². The summed E-state index contributed by atoms with van der Waals surface area (Å²) in [7, 11) is 0. The molecule has 0 fully saturated rings. The first-order chi connectivity index (χ1) is 21.9. The van der Waals surface area contributed by atoms with Crippen molar-refractivity contribution in [2.75, 3.05) is 18.2 Å². The molecule has 46 heavy (non-hydrogen) atoms. The Hall–Kier alpha value is -4.70. The first-order valence-electron chi connectivity index (χ1n) is 15.6. The third-order valence-corrected chi connectivity index (χ3v) is 7.35. The number of para-hydroxylation sites is 2. The molecule has 0 radical (unpaired) electrons. The summed E-state index contributed by atoms with van der Waals surface area (Å²) >= 11 is 0. The summed E-state index contributed by atoms with van der Waals surface area (Å²) in [4.78, 5) is 56.4. The summed E-state index contributed by atoms with van der Waals surface area (Å²) in [5.74, 6) is -2.19. The van der Waals surface area contributed by atoms with Crippen LogP contribution in [0.15, 0.2) is 84.9 Å². The number of esters is 2. The predicted molar refractivity (Wildman–Crippen MR) is 174 cm³/mol. The summed E-state index contributed by atoms with van der Waals surface area (Å²) in [5.41, 5.74) is -1.18. The number of hydrogen-bond donors (Lipinski definition) is 1. The number of nitrogens with zero attached hydrogens (tertiary/aromatic N) is 2. The van der Waals surface area contributed by atoms with Crippen molar-refractivity contribution >= 4 is 29.4 Å². The van der Waals surface area contributed by atoms with E-state index in [2.05, 4.69) is 5.32 Å². The second-order valence-corrected chi connectivity index (χ2v) is 12.1. The molecule has 1 heterocycles. The number of amides is 2. The van der Waals surface area contributed by atoms with Gasteiger partial charge < -0.3 is 14.2 Å². The number of anilines is 1. The Morgan fingerprint density at radius 2 is 1.54 bits per heavy atom. The van der Waals surface area contributed by atoms with Crippen molar-refractivity contribution in [1.82, 2.24) is 10.3 Å². The van der Waals surface area contributed by atoms with Crippen molar-refractivity contribution in [2.45, 2.75) is 77.6 Å². The maximum atomic E-state index is 14.8. The molecule has 2 amide bonds. The molecule has 0 aromatic heterocycles.